The number of nitrogens with one attached hydrogen (secondary N) is 7. The maximum absolute atomic E-state index is 14.9. The van der Waals surface area contributed by atoms with Gasteiger partial charge in [-0.15, -0.1) is 0 Å². The van der Waals surface area contributed by atoms with E-state index >= 15 is 0 Å². The van der Waals surface area contributed by atoms with Crippen LogP contribution in [0.4, 0.5) is 0 Å². The predicted molar refractivity (Wildman–Crippen MR) is 545 cm³/mol. The molecule has 0 aliphatic carbocycles. The maximum Gasteiger partial charge on any atom is 0.336 e. The average molecular weight is 2120 g/mol. The molecule has 16 atom stereocenters. The number of rotatable bonds is 69. The van der Waals surface area contributed by atoms with Crippen molar-refractivity contribution in [2.75, 3.05) is 179 Å². The van der Waals surface area contributed by atoms with Crippen molar-refractivity contribution in [3.8, 4) is 11.5 Å². The Balaban J connectivity index is 1.06. The second-order valence-electron chi connectivity index (χ2n) is 39.1. The van der Waals surface area contributed by atoms with Crippen LogP contribution in [0.1, 0.15) is 165 Å². The lowest BCUT2D eigenvalue weighted by Gasteiger charge is -2.44. The molecule has 0 saturated carbocycles. The van der Waals surface area contributed by atoms with Gasteiger partial charge in [0.1, 0.15) is 49.3 Å². The summed E-state index contributed by atoms with van der Waals surface area (Å²) >= 11 is 0. The monoisotopic (exact) mass is 2120 g/mol. The highest BCUT2D eigenvalue weighted by atomic mass is 28.4. The molecule has 44 nitrogen and oxygen atoms in total. The predicted octanol–water partition coefficient (Wildman–Crippen LogP) is 5.08. The molecule has 149 heavy (non-hydrogen) atoms. The van der Waals surface area contributed by atoms with Crippen molar-refractivity contribution in [2.45, 2.75) is 253 Å². The van der Waals surface area contributed by atoms with Crippen LogP contribution in [0.2, 0.25) is 18.1 Å². The molecular formula is C104H162N10O34Si. The van der Waals surface area contributed by atoms with Crippen molar-refractivity contribution in [1.82, 2.24) is 50.9 Å². The number of hydrogen-bond acceptors (Lipinski definition) is 35. The summed E-state index contributed by atoms with van der Waals surface area (Å²) in [5.74, 6) is -4.92. The van der Waals surface area contributed by atoms with Crippen molar-refractivity contribution in [3.05, 3.63) is 127 Å². The summed E-state index contributed by atoms with van der Waals surface area (Å²) in [6.45, 7) is 29.2. The molecule has 45 heteroatoms. The Morgan fingerprint density at radius 1 is 0.389 bits per heavy atom. The lowest BCUT2D eigenvalue weighted by Crippen LogP contribution is -2.58. The molecule has 7 N–H and O–H groups in total. The van der Waals surface area contributed by atoms with E-state index in [1.165, 1.54) is 41.5 Å². The van der Waals surface area contributed by atoms with Gasteiger partial charge in [0.15, 0.2) is 27.2 Å². The number of esters is 4. The van der Waals surface area contributed by atoms with Gasteiger partial charge in [0, 0.05) is 92.4 Å². The highest BCUT2D eigenvalue weighted by Crippen LogP contribution is 2.43. The van der Waals surface area contributed by atoms with E-state index < -0.39 is 166 Å². The molecule has 7 rings (SSSR count). The van der Waals surface area contributed by atoms with E-state index in [9.17, 15) is 67.1 Å². The SMILES string of the molecule is COc1ccc(C(OCCn2c(=O)n(CCOC(=O)CCC(=O)NC(CCC(=O)CNCCOCCOCCOC3OC(COC(C)=O)C(C)C(C)C3NC(C)=O)(CCC(=O)NCCOCCOCCOC3OC(COC(C)=O)C(C)C(C)C3NC(C)=O)CC(=O)NCCOCCOCCOC3OC(COC(C)=O)C(C)C(C)C3NC(C)=O)c(=O)n(CCO[Si](C)(C)C(C)(C)C)c2=O)(c2ccccc2)c2ccc(OC)cc2)cc1. The minimum atomic E-state index is -2.48. The number of nitrogens with zero attached hydrogens (tertiary/aromatic N) is 3. The average Bonchev–Trinajstić information content (AvgIpc) is 0.749. The van der Waals surface area contributed by atoms with Gasteiger partial charge in [-0.05, 0) is 107 Å². The highest BCUT2D eigenvalue weighted by Gasteiger charge is 2.48. The van der Waals surface area contributed by atoms with Crippen molar-refractivity contribution < 1.29 is 147 Å². The van der Waals surface area contributed by atoms with Crippen LogP contribution in [0.15, 0.2) is 93.2 Å². The van der Waals surface area contributed by atoms with Gasteiger partial charge in [0.05, 0.1) is 196 Å². The number of amides is 6. The number of methoxy groups -OCH3 is 2. The number of carbonyl (C=O) groups is 11. The Labute approximate surface area is 873 Å². The molecule has 6 amide bonds. The normalized spacial score (nSPS) is 21.3. The Bertz CT molecular complexity index is 4950. The quantitative estimate of drug-likeness (QED) is 0.00995. The number of ether oxygens (including phenoxy) is 19. The summed E-state index contributed by atoms with van der Waals surface area (Å²) in [5, 5.41) is 20.1. The van der Waals surface area contributed by atoms with Crippen molar-refractivity contribution in [3.63, 3.8) is 0 Å². The number of carbonyl (C=O) groups excluding carboxylic acids is 11. The van der Waals surface area contributed by atoms with Gasteiger partial charge < -0.3 is 132 Å². The Hall–Kier alpha value is -10.3. The molecule has 16 unspecified atom stereocenters. The molecule has 3 aromatic carbocycles. The molecule has 3 aliphatic heterocycles. The summed E-state index contributed by atoms with van der Waals surface area (Å²) in [4.78, 5) is 187. The van der Waals surface area contributed by atoms with Crippen molar-refractivity contribution in [1.29, 1.82) is 0 Å². The molecule has 3 fully saturated rings. The van der Waals surface area contributed by atoms with Crippen LogP contribution in [0.25, 0.3) is 0 Å². The first-order valence-electron chi connectivity index (χ1n) is 51.2. The van der Waals surface area contributed by atoms with Gasteiger partial charge in [-0.3, -0.25) is 52.7 Å². The number of ketones is 1. The molecule has 0 radical (unpaired) electrons. The number of aromatic nitrogens is 3. The van der Waals surface area contributed by atoms with Gasteiger partial charge in [0.25, 0.3) is 0 Å². The molecule has 3 aliphatic rings. The molecule has 4 heterocycles. The van der Waals surface area contributed by atoms with Crippen LogP contribution < -0.4 is 63.8 Å². The lowest BCUT2D eigenvalue weighted by molar-refractivity contribution is -0.247. The van der Waals surface area contributed by atoms with E-state index in [0.29, 0.717) is 28.2 Å². The smallest absolute Gasteiger partial charge is 0.336 e. The summed E-state index contributed by atoms with van der Waals surface area (Å²) < 4.78 is 120. The summed E-state index contributed by atoms with van der Waals surface area (Å²) in [7, 11) is 0.617. The fourth-order valence-corrected chi connectivity index (χ4v) is 18.2. The molecule has 836 valence electrons. The topological polar surface area (TPSA) is 523 Å². The molecule has 0 spiro atoms. The zero-order valence-corrected chi connectivity index (χ0v) is 91.1. The van der Waals surface area contributed by atoms with Gasteiger partial charge in [0.2, 0.25) is 35.4 Å². The Morgan fingerprint density at radius 3 is 1.14 bits per heavy atom. The minimum absolute atomic E-state index is 0.00182. The molecule has 0 bridgehead atoms. The van der Waals surface area contributed by atoms with Crippen LogP contribution in [0, 0.1) is 35.5 Å². The fourth-order valence-electron chi connectivity index (χ4n) is 17.2. The van der Waals surface area contributed by atoms with E-state index in [-0.39, 0.29) is 261 Å². The largest absolute Gasteiger partial charge is 0.497 e. The summed E-state index contributed by atoms with van der Waals surface area (Å²) in [6, 6.07) is 22.4. The van der Waals surface area contributed by atoms with Gasteiger partial charge >= 0.3 is 40.9 Å². The van der Waals surface area contributed by atoms with Gasteiger partial charge in [-0.2, -0.15) is 0 Å². The van der Waals surface area contributed by atoms with E-state index in [2.05, 4.69) is 37.2 Å². The zero-order chi connectivity index (χ0) is 109. The third-order valence-corrected chi connectivity index (χ3v) is 31.8. The first-order valence-corrected chi connectivity index (χ1v) is 54.1. The minimum Gasteiger partial charge on any atom is -0.497 e. The molecular weight excluding hydrogens is 1960 g/mol. The fraction of sp³-hybridized carbons (Fsp3) is 0.692. The van der Waals surface area contributed by atoms with Gasteiger partial charge in [-0.1, -0.05) is 117 Å². The second-order valence-corrected chi connectivity index (χ2v) is 43.9. The molecule has 4 aromatic rings. The molecule has 3 saturated heterocycles. The van der Waals surface area contributed by atoms with Gasteiger partial charge in [-0.25, -0.2) is 28.1 Å². The van der Waals surface area contributed by atoms with E-state index in [1.807, 2.05) is 130 Å². The van der Waals surface area contributed by atoms with E-state index in [0.717, 1.165) is 13.7 Å². The van der Waals surface area contributed by atoms with Crippen LogP contribution >= 0.6 is 0 Å². The van der Waals surface area contributed by atoms with E-state index in [1.54, 1.807) is 38.5 Å². The van der Waals surface area contributed by atoms with Crippen LogP contribution in [-0.2, 0) is 163 Å². The van der Waals surface area contributed by atoms with Crippen molar-refractivity contribution >= 4 is 73.4 Å². The Kier molecular flexibility index (Phi) is 54.3. The Morgan fingerprint density at radius 2 is 0.752 bits per heavy atom. The second kappa shape index (κ2) is 64.5. The summed E-state index contributed by atoms with van der Waals surface area (Å²) in [5.41, 5.74) is -4.03. The maximum atomic E-state index is 14.9. The number of Topliss-reactive ketones (excluding diaryl/α,β-unsaturated/α-hetero) is 1. The first-order chi connectivity index (χ1) is 70.9. The first kappa shape index (κ1) is 126. The zero-order valence-electron chi connectivity index (χ0n) is 90.1. The summed E-state index contributed by atoms with van der Waals surface area (Å²) in [6.07, 6.45) is -6.77. The van der Waals surface area contributed by atoms with Crippen LogP contribution in [-0.4, -0.2) is 327 Å². The lowest BCUT2D eigenvalue weighted by atomic mass is 9.80. The molecule has 1 aromatic heterocycles. The standard InChI is InChI=1S/C104H162N10O34Si/c1-68-71(4)93(108-74(7)115)96(146-86(68)65-141-77(10)118)138-60-57-134-54-51-131-45-39-105-64-83(121)35-37-103(63-91(124)107-41-47-133-53-56-136-59-62-140-98-95(110-76(9)117)73(6)70(3)88(148-98)67-143-79(12)120,38-36-89(122)106-40-46-132-52-55-135-58-61-139-97-94(109-75(8)116)72(5)69(2)87(147-97)66-142-78(11)119)111-90(123)33-34-92(125)137-48-42-112-99(126)113(101(128)114(100(112)127)44-50-145-149(18,19)102(13,14)15)43-49-144-104(80-23-21-20-22-24-80,81-25-29-84(129-16)30-26-81)82-27-31-85(130-17)32-28-82/h20-32,68-73,86-88,93-98,105H,33-67H2,1-19H3,(H,106,122)(H,107,124)(H,108,115)(H,109,116)(H,110,117)(H,111,123). The van der Waals surface area contributed by atoms with E-state index in [4.69, 9.17) is 94.4 Å². The third kappa shape index (κ3) is 41.6. The van der Waals surface area contributed by atoms with Crippen molar-refractivity contribution in [2.24, 2.45) is 35.5 Å². The van der Waals surface area contributed by atoms with Crippen LogP contribution in [0.3, 0.4) is 0 Å². The number of benzene rings is 3. The third-order valence-electron chi connectivity index (χ3n) is 27.3. The number of hydrogen-bond donors (Lipinski definition) is 7. The van der Waals surface area contributed by atoms with Crippen LogP contribution in [0.5, 0.6) is 11.5 Å². The highest BCUT2D eigenvalue weighted by molar-refractivity contribution is 6.74.